The molecule has 0 amide bonds. The average Bonchev–Trinajstić information content (AvgIpc) is 2.39. The van der Waals surface area contributed by atoms with Gasteiger partial charge in [-0.15, -0.1) is 0 Å². The van der Waals surface area contributed by atoms with Crippen molar-refractivity contribution in [2.75, 3.05) is 6.61 Å². The topological polar surface area (TPSA) is 138 Å². The Kier molecular flexibility index (Phi) is 4.71. The molecule has 0 aromatic rings. The van der Waals surface area contributed by atoms with Crippen LogP contribution in [0.25, 0.3) is 0 Å². The zero-order valence-electron chi connectivity index (χ0n) is 12.7. The van der Waals surface area contributed by atoms with Crippen molar-refractivity contribution in [1.29, 1.82) is 0 Å². The van der Waals surface area contributed by atoms with Gasteiger partial charge in [-0.2, -0.15) is 0 Å². The highest BCUT2D eigenvalue weighted by Gasteiger charge is 2.68. The molecule has 1 aliphatic heterocycles. The molecule has 1 aliphatic rings. The number of rotatable bonds is 5. The summed E-state index contributed by atoms with van der Waals surface area (Å²) in [6.07, 6.45) is -1.78. The van der Waals surface area contributed by atoms with E-state index in [9.17, 15) is 34.5 Å². The average molecular weight is 314 g/mol. The van der Waals surface area contributed by atoms with Crippen LogP contribution in [0.1, 0.15) is 27.7 Å². The minimum Gasteiger partial charge on any atom is -0.480 e. The number of allylic oxidation sites excluding steroid dienone is 1. The van der Waals surface area contributed by atoms with Crippen molar-refractivity contribution < 1.29 is 39.2 Å². The lowest BCUT2D eigenvalue weighted by Gasteiger charge is -2.48. The molecule has 0 aromatic carbocycles. The van der Waals surface area contributed by atoms with E-state index in [2.05, 4.69) is 0 Å². The van der Waals surface area contributed by atoms with E-state index in [1.165, 1.54) is 0 Å². The molecule has 0 radical (unpaired) electrons. The molecule has 8 heteroatoms. The fraction of sp³-hybridized carbons (Fsp3) is 0.571. The number of aliphatic hydroxyl groups is 3. The molecule has 0 aromatic heterocycles. The summed E-state index contributed by atoms with van der Waals surface area (Å²) in [6.45, 7) is 2.74. The molecule has 0 bridgehead atoms. The zero-order chi connectivity index (χ0) is 17.5. The molecule has 122 valence electrons. The Morgan fingerprint density at radius 1 is 1.00 bits per heavy atom. The van der Waals surface area contributed by atoms with Gasteiger partial charge in [-0.1, -0.05) is 0 Å². The largest absolute Gasteiger partial charge is 0.480 e. The highest BCUT2D eigenvalue weighted by Crippen LogP contribution is 2.43. The molecule has 1 heterocycles. The van der Waals surface area contributed by atoms with Gasteiger partial charge < -0.3 is 20.1 Å². The van der Waals surface area contributed by atoms with E-state index >= 15 is 0 Å². The van der Waals surface area contributed by atoms with Crippen molar-refractivity contribution in [3.05, 3.63) is 11.3 Å². The van der Waals surface area contributed by atoms with Gasteiger partial charge in [0, 0.05) is 6.92 Å². The van der Waals surface area contributed by atoms with Crippen molar-refractivity contribution in [1.82, 2.24) is 0 Å². The lowest BCUT2D eigenvalue weighted by atomic mass is 9.66. The fourth-order valence-corrected chi connectivity index (χ4v) is 2.64. The van der Waals surface area contributed by atoms with Gasteiger partial charge in [0.25, 0.3) is 0 Å². The van der Waals surface area contributed by atoms with Crippen LogP contribution < -0.4 is 0 Å². The minimum absolute atomic E-state index is 0.657. The third kappa shape index (κ3) is 2.20. The number of carbonyl (C=O) groups excluding carboxylic acids is 4. The summed E-state index contributed by atoms with van der Waals surface area (Å²) in [7, 11) is 0. The van der Waals surface area contributed by atoms with Crippen LogP contribution >= 0.6 is 0 Å². The second-order valence-electron chi connectivity index (χ2n) is 5.19. The maximum absolute atomic E-state index is 12.0. The number of ether oxygens (including phenoxy) is 1. The van der Waals surface area contributed by atoms with Gasteiger partial charge in [-0.3, -0.25) is 19.2 Å². The number of hydrogen-bond acceptors (Lipinski definition) is 8. The van der Waals surface area contributed by atoms with Crippen LogP contribution in [0.15, 0.2) is 11.3 Å². The fourth-order valence-electron chi connectivity index (χ4n) is 2.64. The lowest BCUT2D eigenvalue weighted by molar-refractivity contribution is -0.212. The molecule has 0 saturated heterocycles. The highest BCUT2D eigenvalue weighted by atomic mass is 16.5. The third-order valence-electron chi connectivity index (χ3n) is 3.75. The number of hydrogen-bond donors (Lipinski definition) is 3. The standard InChI is InChI=1S/C14H18O8/c1-6(16)11-12(7(2)17)22-10(5-15)13(20,8(3)18)14(11,21)9(4)19/h10,15,20-21H,5H2,1-4H3/t10-,13-,14-/m1/s1. The summed E-state index contributed by atoms with van der Waals surface area (Å²) in [6, 6.07) is 0. The van der Waals surface area contributed by atoms with Gasteiger partial charge >= 0.3 is 0 Å². The molecular weight excluding hydrogens is 296 g/mol. The first-order chi connectivity index (χ1) is 9.96. The lowest BCUT2D eigenvalue weighted by Crippen LogP contribution is -2.73. The molecule has 8 nitrogen and oxygen atoms in total. The summed E-state index contributed by atoms with van der Waals surface area (Å²) in [5.74, 6) is -4.59. The van der Waals surface area contributed by atoms with Gasteiger partial charge in [0.2, 0.25) is 5.60 Å². The Labute approximate surface area is 126 Å². The Bertz CT molecular complexity index is 590. The van der Waals surface area contributed by atoms with Gasteiger partial charge in [-0.05, 0) is 20.8 Å². The van der Waals surface area contributed by atoms with Crippen molar-refractivity contribution >= 4 is 23.1 Å². The summed E-state index contributed by atoms with van der Waals surface area (Å²) in [5, 5.41) is 30.7. The van der Waals surface area contributed by atoms with Crippen molar-refractivity contribution in [3.8, 4) is 0 Å². The second-order valence-corrected chi connectivity index (χ2v) is 5.19. The molecule has 3 atom stereocenters. The van der Waals surface area contributed by atoms with E-state index < -0.39 is 58.4 Å². The first-order valence-corrected chi connectivity index (χ1v) is 6.47. The molecule has 3 N–H and O–H groups in total. The van der Waals surface area contributed by atoms with Crippen LogP contribution in [-0.2, 0) is 23.9 Å². The van der Waals surface area contributed by atoms with Crippen molar-refractivity contribution in [3.63, 3.8) is 0 Å². The number of ketones is 4. The maximum atomic E-state index is 12.0. The van der Waals surface area contributed by atoms with Crippen LogP contribution in [0.2, 0.25) is 0 Å². The van der Waals surface area contributed by atoms with Crippen LogP contribution in [-0.4, -0.2) is 62.4 Å². The van der Waals surface area contributed by atoms with E-state index in [1.54, 1.807) is 0 Å². The third-order valence-corrected chi connectivity index (χ3v) is 3.75. The monoisotopic (exact) mass is 314 g/mol. The Morgan fingerprint density at radius 2 is 1.50 bits per heavy atom. The first-order valence-electron chi connectivity index (χ1n) is 6.47. The minimum atomic E-state index is -2.99. The molecule has 1 rings (SSSR count). The second kappa shape index (κ2) is 5.71. The van der Waals surface area contributed by atoms with Crippen molar-refractivity contribution in [2.24, 2.45) is 0 Å². The molecule has 22 heavy (non-hydrogen) atoms. The van der Waals surface area contributed by atoms with Crippen LogP contribution in [0.5, 0.6) is 0 Å². The predicted octanol–water partition coefficient (Wildman–Crippen LogP) is -1.55. The van der Waals surface area contributed by atoms with E-state index in [4.69, 9.17) is 4.74 Å². The quantitative estimate of drug-likeness (QED) is 0.554. The molecule has 0 aliphatic carbocycles. The predicted molar refractivity (Wildman–Crippen MR) is 71.6 cm³/mol. The molecule has 0 saturated carbocycles. The van der Waals surface area contributed by atoms with Crippen LogP contribution in [0.3, 0.4) is 0 Å². The Morgan fingerprint density at radius 3 is 1.77 bits per heavy atom. The van der Waals surface area contributed by atoms with E-state index in [1.807, 2.05) is 0 Å². The summed E-state index contributed by atoms with van der Waals surface area (Å²) >= 11 is 0. The smallest absolute Gasteiger partial charge is 0.202 e. The Balaban J connectivity index is 3.93. The highest BCUT2D eigenvalue weighted by molar-refractivity contribution is 6.14. The van der Waals surface area contributed by atoms with E-state index in [0.717, 1.165) is 27.7 Å². The summed E-state index contributed by atoms with van der Waals surface area (Å²) in [4.78, 5) is 47.4. The zero-order valence-corrected chi connectivity index (χ0v) is 12.7. The molecule has 0 unspecified atom stereocenters. The molecular formula is C14H18O8. The van der Waals surface area contributed by atoms with E-state index in [0.29, 0.717) is 0 Å². The number of carbonyl (C=O) groups is 4. The summed E-state index contributed by atoms with van der Waals surface area (Å²) in [5.41, 5.74) is -6.68. The normalized spacial score (nSPS) is 31.5. The van der Waals surface area contributed by atoms with Crippen molar-refractivity contribution in [2.45, 2.75) is 45.0 Å². The SMILES string of the molecule is CC(=O)C1=C(C(C)=O)[C@](O)(C(C)=O)[C@@](O)(C(C)=O)[C@@H](CO)O1. The van der Waals surface area contributed by atoms with Gasteiger partial charge in [0.05, 0.1) is 12.2 Å². The van der Waals surface area contributed by atoms with Gasteiger partial charge in [0.1, 0.15) is 0 Å². The van der Waals surface area contributed by atoms with Gasteiger partial charge in [-0.25, -0.2) is 0 Å². The molecule has 0 fully saturated rings. The van der Waals surface area contributed by atoms with Crippen LogP contribution in [0, 0.1) is 0 Å². The first kappa shape index (κ1) is 18.1. The maximum Gasteiger partial charge on any atom is 0.202 e. The van der Waals surface area contributed by atoms with E-state index in [-0.39, 0.29) is 0 Å². The Hall–Kier alpha value is -1.90. The number of Topliss-reactive ketones (excluding diaryl/α,β-unsaturated/α-hetero) is 4. The van der Waals surface area contributed by atoms with Crippen LogP contribution in [0.4, 0.5) is 0 Å². The summed E-state index contributed by atoms with van der Waals surface area (Å²) < 4.78 is 5.07. The molecule has 0 spiro atoms. The number of aliphatic hydroxyl groups excluding tert-OH is 1. The van der Waals surface area contributed by atoms with Gasteiger partial charge in [0.15, 0.2) is 40.6 Å².